The topological polar surface area (TPSA) is 34.2 Å². The molecule has 112 valence electrons. The summed E-state index contributed by atoms with van der Waals surface area (Å²) in [6.07, 6.45) is 7.03. The molecule has 0 bridgehead atoms. The van der Waals surface area contributed by atoms with Crippen molar-refractivity contribution in [1.82, 2.24) is 4.98 Å². The van der Waals surface area contributed by atoms with Crippen LogP contribution in [0.15, 0.2) is 18.2 Å². The van der Waals surface area contributed by atoms with Gasteiger partial charge in [-0.1, -0.05) is 24.6 Å². The first-order chi connectivity index (χ1) is 10.3. The maximum atomic E-state index is 5.24. The minimum atomic E-state index is 0.743. The van der Waals surface area contributed by atoms with Gasteiger partial charge in [-0.05, 0) is 43.2 Å². The molecular formula is C18H24N2O. The number of hydrogen-bond donors (Lipinski definition) is 1. The second-order valence-corrected chi connectivity index (χ2v) is 5.78. The molecule has 0 unspecified atom stereocenters. The fourth-order valence-corrected chi connectivity index (χ4v) is 3.38. The van der Waals surface area contributed by atoms with Crippen molar-refractivity contribution in [3.63, 3.8) is 0 Å². The minimum Gasteiger partial charge on any atom is -0.387 e. The standard InChI is InChI=1S/C18H24N2O/c1-19-18-14-8-4-3-5-10-16(14)20-17-13(11-12-21-2)7-6-9-15(17)18/h6-7,9H,3-5,8,10-12H2,1-2H3,(H,19,20). The van der Waals surface area contributed by atoms with Gasteiger partial charge in [0.15, 0.2) is 0 Å². The molecule has 1 aliphatic carbocycles. The lowest BCUT2D eigenvalue weighted by molar-refractivity contribution is 0.202. The van der Waals surface area contributed by atoms with Crippen LogP contribution in [0.3, 0.4) is 0 Å². The number of aryl methyl sites for hydroxylation is 1. The number of para-hydroxylation sites is 1. The molecule has 0 amide bonds. The third-order valence-corrected chi connectivity index (χ3v) is 4.45. The van der Waals surface area contributed by atoms with Gasteiger partial charge in [0.05, 0.1) is 12.1 Å². The number of hydrogen-bond acceptors (Lipinski definition) is 3. The highest BCUT2D eigenvalue weighted by molar-refractivity contribution is 5.95. The molecule has 0 atom stereocenters. The van der Waals surface area contributed by atoms with E-state index in [1.165, 1.54) is 47.2 Å². The molecule has 21 heavy (non-hydrogen) atoms. The van der Waals surface area contributed by atoms with Crippen molar-refractivity contribution in [2.45, 2.75) is 38.5 Å². The van der Waals surface area contributed by atoms with Gasteiger partial charge in [-0.3, -0.25) is 4.98 Å². The van der Waals surface area contributed by atoms with Crippen molar-refractivity contribution in [3.8, 4) is 0 Å². The highest BCUT2D eigenvalue weighted by Crippen LogP contribution is 2.33. The molecule has 0 aliphatic heterocycles. The third kappa shape index (κ3) is 2.75. The Kier molecular flexibility index (Phi) is 4.39. The van der Waals surface area contributed by atoms with Gasteiger partial charge in [0.1, 0.15) is 0 Å². The van der Waals surface area contributed by atoms with E-state index in [0.717, 1.165) is 31.4 Å². The van der Waals surface area contributed by atoms with Crippen LogP contribution in [0.25, 0.3) is 10.9 Å². The van der Waals surface area contributed by atoms with E-state index in [0.29, 0.717) is 0 Å². The zero-order chi connectivity index (χ0) is 14.7. The summed E-state index contributed by atoms with van der Waals surface area (Å²) >= 11 is 0. The van der Waals surface area contributed by atoms with Gasteiger partial charge in [-0.15, -0.1) is 0 Å². The Bertz CT molecular complexity index is 637. The Labute approximate surface area is 126 Å². The number of nitrogens with zero attached hydrogens (tertiary/aromatic N) is 1. The predicted molar refractivity (Wildman–Crippen MR) is 88.1 cm³/mol. The smallest absolute Gasteiger partial charge is 0.0759 e. The molecule has 2 aromatic rings. The van der Waals surface area contributed by atoms with Crippen molar-refractivity contribution in [3.05, 3.63) is 35.0 Å². The summed E-state index contributed by atoms with van der Waals surface area (Å²) < 4.78 is 5.24. The minimum absolute atomic E-state index is 0.743. The van der Waals surface area contributed by atoms with Crippen LogP contribution in [-0.4, -0.2) is 25.7 Å². The van der Waals surface area contributed by atoms with Crippen molar-refractivity contribution < 1.29 is 4.74 Å². The summed E-state index contributed by atoms with van der Waals surface area (Å²) in [6, 6.07) is 6.51. The normalized spacial score (nSPS) is 14.8. The summed E-state index contributed by atoms with van der Waals surface area (Å²) in [5.41, 5.74) is 6.47. The first-order valence-electron chi connectivity index (χ1n) is 7.95. The van der Waals surface area contributed by atoms with Gasteiger partial charge in [0.2, 0.25) is 0 Å². The van der Waals surface area contributed by atoms with Crippen LogP contribution >= 0.6 is 0 Å². The fourth-order valence-electron chi connectivity index (χ4n) is 3.38. The van der Waals surface area contributed by atoms with Crippen LogP contribution in [0, 0.1) is 0 Å². The SMILES string of the molecule is CNc1c2c(nc3c(CCOC)cccc13)CCCCC2. The summed E-state index contributed by atoms with van der Waals surface area (Å²) in [5, 5.41) is 4.69. The number of anilines is 1. The van der Waals surface area contributed by atoms with Crippen LogP contribution < -0.4 is 5.32 Å². The first kappa shape index (κ1) is 14.3. The van der Waals surface area contributed by atoms with Gasteiger partial charge in [0, 0.05) is 30.9 Å². The molecule has 3 nitrogen and oxygen atoms in total. The van der Waals surface area contributed by atoms with E-state index in [-0.39, 0.29) is 0 Å². The van der Waals surface area contributed by atoms with Crippen molar-refractivity contribution in [1.29, 1.82) is 0 Å². The van der Waals surface area contributed by atoms with Crippen molar-refractivity contribution in [2.75, 3.05) is 26.1 Å². The Morgan fingerprint density at radius 3 is 2.86 bits per heavy atom. The maximum absolute atomic E-state index is 5.24. The molecule has 3 rings (SSSR count). The number of ether oxygens (including phenoxy) is 1. The van der Waals surface area contributed by atoms with Gasteiger partial charge >= 0.3 is 0 Å². The van der Waals surface area contributed by atoms with Crippen molar-refractivity contribution in [2.24, 2.45) is 0 Å². The van der Waals surface area contributed by atoms with Gasteiger partial charge in [0.25, 0.3) is 0 Å². The summed E-state index contributed by atoms with van der Waals surface area (Å²) in [4.78, 5) is 5.04. The fraction of sp³-hybridized carbons (Fsp3) is 0.500. The van der Waals surface area contributed by atoms with Gasteiger partial charge in [-0.25, -0.2) is 0 Å². The van der Waals surface area contributed by atoms with Crippen LogP contribution in [0.5, 0.6) is 0 Å². The lowest BCUT2D eigenvalue weighted by atomic mass is 9.99. The maximum Gasteiger partial charge on any atom is 0.0759 e. The number of methoxy groups -OCH3 is 1. The lowest BCUT2D eigenvalue weighted by Gasteiger charge is -2.17. The molecule has 1 N–H and O–H groups in total. The second-order valence-electron chi connectivity index (χ2n) is 5.78. The highest BCUT2D eigenvalue weighted by atomic mass is 16.5. The quantitative estimate of drug-likeness (QED) is 0.869. The van der Waals surface area contributed by atoms with E-state index in [4.69, 9.17) is 9.72 Å². The van der Waals surface area contributed by atoms with Crippen LogP contribution in [0.1, 0.15) is 36.1 Å². The number of pyridine rings is 1. The monoisotopic (exact) mass is 284 g/mol. The first-order valence-corrected chi connectivity index (χ1v) is 7.95. The van der Waals surface area contributed by atoms with Crippen molar-refractivity contribution >= 4 is 16.6 Å². The van der Waals surface area contributed by atoms with E-state index >= 15 is 0 Å². The molecule has 0 fully saturated rings. The number of benzene rings is 1. The largest absolute Gasteiger partial charge is 0.387 e. The van der Waals surface area contributed by atoms with E-state index in [1.807, 2.05) is 7.05 Å². The Balaban J connectivity index is 2.19. The van der Waals surface area contributed by atoms with Crippen LogP contribution in [-0.2, 0) is 24.0 Å². The van der Waals surface area contributed by atoms with E-state index in [1.54, 1.807) is 7.11 Å². The molecule has 1 aliphatic rings. The highest BCUT2D eigenvalue weighted by Gasteiger charge is 2.17. The molecule has 0 saturated carbocycles. The lowest BCUT2D eigenvalue weighted by Crippen LogP contribution is -2.05. The van der Waals surface area contributed by atoms with Gasteiger partial charge < -0.3 is 10.1 Å². The Morgan fingerprint density at radius 2 is 2.05 bits per heavy atom. The number of aromatic nitrogens is 1. The number of fused-ring (bicyclic) bond motifs is 2. The average Bonchev–Trinajstić information content (AvgIpc) is 2.75. The molecule has 1 aromatic carbocycles. The molecule has 1 heterocycles. The van der Waals surface area contributed by atoms with Crippen LogP contribution in [0.4, 0.5) is 5.69 Å². The molecule has 0 spiro atoms. The third-order valence-electron chi connectivity index (χ3n) is 4.45. The number of nitrogens with one attached hydrogen (secondary N) is 1. The van der Waals surface area contributed by atoms with Gasteiger partial charge in [-0.2, -0.15) is 0 Å². The average molecular weight is 284 g/mol. The molecular weight excluding hydrogens is 260 g/mol. The zero-order valence-electron chi connectivity index (χ0n) is 13.0. The second kappa shape index (κ2) is 6.44. The molecule has 0 radical (unpaired) electrons. The van der Waals surface area contributed by atoms with E-state index < -0.39 is 0 Å². The summed E-state index contributed by atoms with van der Waals surface area (Å²) in [7, 11) is 3.78. The Hall–Kier alpha value is -1.61. The molecule has 0 saturated heterocycles. The molecule has 1 aromatic heterocycles. The predicted octanol–water partition coefficient (Wildman–Crippen LogP) is 3.73. The summed E-state index contributed by atoms with van der Waals surface area (Å²) in [5.74, 6) is 0. The zero-order valence-corrected chi connectivity index (χ0v) is 13.0. The summed E-state index contributed by atoms with van der Waals surface area (Å²) in [6.45, 7) is 0.743. The van der Waals surface area contributed by atoms with E-state index in [9.17, 15) is 0 Å². The Morgan fingerprint density at radius 1 is 1.19 bits per heavy atom. The van der Waals surface area contributed by atoms with Crippen LogP contribution in [0.2, 0.25) is 0 Å². The number of rotatable bonds is 4. The van der Waals surface area contributed by atoms with E-state index in [2.05, 4.69) is 23.5 Å². The molecule has 3 heteroatoms.